The Bertz CT molecular complexity index is 1060. The van der Waals surface area contributed by atoms with E-state index in [0.29, 0.717) is 6.54 Å². The molecule has 2 aliphatic carbocycles. The van der Waals surface area contributed by atoms with Crippen molar-refractivity contribution in [1.29, 1.82) is 0 Å². The van der Waals surface area contributed by atoms with Gasteiger partial charge < -0.3 is 15.2 Å². The monoisotopic (exact) mass is 671 g/mol. The maximum Gasteiger partial charge on any atom is 2.00 e. The summed E-state index contributed by atoms with van der Waals surface area (Å²) in [5.74, 6) is 1.83. The quantitative estimate of drug-likeness (QED) is 0.136. The normalized spacial score (nSPS) is 15.7. The molecule has 6 heteroatoms. The molecule has 0 amide bonds. The van der Waals surface area contributed by atoms with Gasteiger partial charge in [0.15, 0.2) is 0 Å². The van der Waals surface area contributed by atoms with Crippen LogP contribution in [0.4, 0.5) is 0 Å². The van der Waals surface area contributed by atoms with Crippen molar-refractivity contribution in [3.8, 4) is 22.6 Å². The molecule has 0 aliphatic heterocycles. The first kappa shape index (κ1) is 34.8. The minimum atomic E-state index is -0.182. The van der Waals surface area contributed by atoms with E-state index in [1.54, 1.807) is 19.5 Å². The molecule has 0 bridgehead atoms. The molecule has 1 N–H and O–H groups in total. The van der Waals surface area contributed by atoms with Crippen LogP contribution < -0.4 is 14.8 Å². The van der Waals surface area contributed by atoms with Crippen LogP contribution in [0.1, 0.15) is 69.8 Å². The first-order valence-corrected chi connectivity index (χ1v) is 15.9. The van der Waals surface area contributed by atoms with Crippen molar-refractivity contribution in [3.63, 3.8) is 0 Å². The van der Waals surface area contributed by atoms with Crippen LogP contribution in [-0.4, -0.2) is 32.1 Å². The Morgan fingerprint density at radius 3 is 1.80 bits per heavy atom. The molecular formula is C34H45ClNO2PPd. The number of hydrogen-bond acceptors (Lipinski definition) is 2. The summed E-state index contributed by atoms with van der Waals surface area (Å²) in [6.45, 7) is 0.459. The third kappa shape index (κ3) is 9.31. The zero-order valence-electron chi connectivity index (χ0n) is 24.0. The van der Waals surface area contributed by atoms with Gasteiger partial charge in [-0.25, -0.2) is 0 Å². The molecule has 3 aromatic rings. The number of benzene rings is 3. The number of methoxy groups -OCH3 is 2. The molecule has 220 valence electrons. The summed E-state index contributed by atoms with van der Waals surface area (Å²) < 4.78 is 11.6. The van der Waals surface area contributed by atoms with Crippen LogP contribution in [0.3, 0.4) is 0 Å². The minimum Gasteiger partial charge on any atom is -0.677 e. The maximum atomic E-state index is 6.92. The van der Waals surface area contributed by atoms with E-state index >= 15 is 0 Å². The van der Waals surface area contributed by atoms with Gasteiger partial charge in [0.2, 0.25) is 0 Å². The summed E-state index contributed by atoms with van der Waals surface area (Å²) in [5.41, 5.74) is 12.3. The molecule has 0 heterocycles. The number of rotatable bonds is 8. The third-order valence-electron chi connectivity index (χ3n) is 7.98. The maximum absolute atomic E-state index is 6.92. The number of halogens is 1. The van der Waals surface area contributed by atoms with Gasteiger partial charge in [0, 0.05) is 0 Å². The van der Waals surface area contributed by atoms with Crippen LogP contribution in [0.5, 0.6) is 11.5 Å². The van der Waals surface area contributed by atoms with Crippen LogP contribution in [0.15, 0.2) is 66.7 Å². The first-order chi connectivity index (χ1) is 18.8. The fourth-order valence-electron chi connectivity index (χ4n) is 6.16. The Morgan fingerprint density at radius 1 is 0.750 bits per heavy atom. The average molecular weight is 673 g/mol. The van der Waals surface area contributed by atoms with E-state index in [-0.39, 0.29) is 40.8 Å². The second kappa shape index (κ2) is 18.9. The average Bonchev–Trinajstić information content (AvgIpc) is 2.99. The Balaban J connectivity index is 0.000000437. The van der Waals surface area contributed by atoms with Gasteiger partial charge in [0.25, 0.3) is 0 Å². The van der Waals surface area contributed by atoms with E-state index in [4.69, 9.17) is 15.2 Å². The second-order valence-corrected chi connectivity index (χ2v) is 13.2. The van der Waals surface area contributed by atoms with Gasteiger partial charge in [-0.15, -0.1) is 19.0 Å². The predicted octanol–water partition coefficient (Wildman–Crippen LogP) is 9.64. The van der Waals surface area contributed by atoms with Gasteiger partial charge in [-0.2, -0.15) is 35.9 Å². The van der Waals surface area contributed by atoms with Crippen molar-refractivity contribution < 1.29 is 29.9 Å². The summed E-state index contributed by atoms with van der Waals surface area (Å²) in [6.07, 6.45) is 15.0. The fraction of sp³-hybridized carbons (Fsp3) is 0.471. The van der Waals surface area contributed by atoms with E-state index in [2.05, 4.69) is 42.5 Å². The summed E-state index contributed by atoms with van der Waals surface area (Å²) in [6, 6.07) is 26.2. The minimum absolute atomic E-state index is 0. The van der Waals surface area contributed by atoms with E-state index in [1.165, 1.54) is 69.8 Å². The van der Waals surface area contributed by atoms with Crippen molar-refractivity contribution in [2.24, 2.45) is 0 Å². The number of ether oxygens (including phenoxy) is 2. The van der Waals surface area contributed by atoms with Crippen molar-refractivity contribution in [2.75, 3.05) is 20.8 Å². The SMILES string of the molecule is COc1cccc(OC)c1-c1ccccc1P(C1CCCCC1)C1CCCCC1.Cl.[NH-]CCc1[c-]cccc1.[Pd+2]. The molecule has 2 fully saturated rings. The Hall–Kier alpha value is -1.40. The van der Waals surface area contributed by atoms with E-state index in [1.807, 2.05) is 30.3 Å². The first-order valence-electron chi connectivity index (χ1n) is 14.5. The van der Waals surface area contributed by atoms with Gasteiger partial charge in [-0.3, -0.25) is 0 Å². The molecular weight excluding hydrogens is 627 g/mol. The smallest absolute Gasteiger partial charge is 0.677 e. The van der Waals surface area contributed by atoms with Crippen LogP contribution in [-0.2, 0) is 26.8 Å². The zero-order chi connectivity index (χ0) is 26.6. The van der Waals surface area contributed by atoms with Gasteiger partial charge in [0.1, 0.15) is 11.5 Å². The van der Waals surface area contributed by atoms with Crippen LogP contribution in [0, 0.1) is 6.07 Å². The molecule has 2 saturated carbocycles. The molecule has 2 aliphatic rings. The van der Waals surface area contributed by atoms with Crippen molar-refractivity contribution >= 4 is 25.6 Å². The second-order valence-electron chi connectivity index (χ2n) is 10.4. The summed E-state index contributed by atoms with van der Waals surface area (Å²) in [4.78, 5) is 0. The van der Waals surface area contributed by atoms with Gasteiger partial charge in [-0.1, -0.05) is 83.2 Å². The van der Waals surface area contributed by atoms with Gasteiger partial charge in [0.05, 0.1) is 19.8 Å². The number of hydrogen-bond donors (Lipinski definition) is 0. The largest absolute Gasteiger partial charge is 2.00 e. The summed E-state index contributed by atoms with van der Waals surface area (Å²) in [5, 5.41) is 1.59. The molecule has 0 radical (unpaired) electrons. The molecule has 5 rings (SSSR count). The van der Waals surface area contributed by atoms with Crippen molar-refractivity contribution in [2.45, 2.75) is 81.9 Å². The van der Waals surface area contributed by atoms with Crippen LogP contribution in [0.2, 0.25) is 0 Å². The molecule has 0 spiro atoms. The zero-order valence-corrected chi connectivity index (χ0v) is 27.2. The molecule has 0 saturated heterocycles. The van der Waals surface area contributed by atoms with Gasteiger partial charge >= 0.3 is 20.4 Å². The molecule has 0 unspecified atom stereocenters. The summed E-state index contributed by atoms with van der Waals surface area (Å²) in [7, 11) is 3.36. The number of nitrogens with one attached hydrogen (secondary N) is 1. The van der Waals surface area contributed by atoms with Gasteiger partial charge in [-0.05, 0) is 60.0 Å². The predicted molar refractivity (Wildman–Crippen MR) is 171 cm³/mol. The van der Waals surface area contributed by atoms with Crippen molar-refractivity contribution in [3.05, 3.63) is 84.1 Å². The molecule has 0 atom stereocenters. The fourth-order valence-corrected chi connectivity index (χ4v) is 10.1. The van der Waals surface area contributed by atoms with E-state index in [0.717, 1.165) is 40.4 Å². The standard InChI is InChI=1S/C26H35O2P.C8H9N.ClH.Pd/c1-27-23-17-11-18-24(28-2)26(23)22-16-9-10-19-25(22)29(20-12-5-3-6-13-20)21-14-7-4-8-15-21;9-7-6-8-4-2-1-3-5-8;;/h9-11,16-21H,3-8,12-15H2,1-2H3;1-4,9H,6-7H2;1H;/q;-2;;+2. The molecule has 40 heavy (non-hydrogen) atoms. The van der Waals surface area contributed by atoms with E-state index < -0.39 is 0 Å². The topological polar surface area (TPSA) is 42.3 Å². The van der Waals surface area contributed by atoms with Crippen LogP contribution in [0.25, 0.3) is 16.9 Å². The van der Waals surface area contributed by atoms with E-state index in [9.17, 15) is 0 Å². The third-order valence-corrected chi connectivity index (χ3v) is 11.5. The Kier molecular flexibility index (Phi) is 16.5. The van der Waals surface area contributed by atoms with Crippen LogP contribution >= 0.6 is 20.3 Å². The Morgan fingerprint density at radius 2 is 1.30 bits per heavy atom. The molecule has 3 nitrogen and oxygen atoms in total. The van der Waals surface area contributed by atoms with Crippen molar-refractivity contribution in [1.82, 2.24) is 0 Å². The molecule has 0 aromatic heterocycles. The summed E-state index contributed by atoms with van der Waals surface area (Å²) >= 11 is 0. The Labute approximate surface area is 263 Å². The molecule has 3 aromatic carbocycles.